The number of nitrogens with zero attached hydrogens (tertiary/aromatic N) is 2. The minimum absolute atomic E-state index is 0.0265. The lowest BCUT2D eigenvalue weighted by atomic mass is 10.0. The molecule has 1 unspecified atom stereocenters. The van der Waals surface area contributed by atoms with Crippen LogP contribution in [0.3, 0.4) is 0 Å². The lowest BCUT2D eigenvalue weighted by molar-refractivity contribution is -0.136. The number of benzene rings is 1. The number of nitrogens with one attached hydrogen (secondary N) is 1. The number of piperidine rings is 1. The first-order valence-electron chi connectivity index (χ1n) is 7.91. The van der Waals surface area contributed by atoms with Crippen molar-refractivity contribution in [2.75, 3.05) is 6.54 Å². The van der Waals surface area contributed by atoms with Crippen LogP contribution in [0.25, 0.3) is 0 Å². The van der Waals surface area contributed by atoms with E-state index in [4.69, 9.17) is 4.52 Å². The van der Waals surface area contributed by atoms with Crippen LogP contribution in [-0.4, -0.2) is 34.5 Å². The van der Waals surface area contributed by atoms with E-state index in [-0.39, 0.29) is 23.8 Å². The second-order valence-corrected chi connectivity index (χ2v) is 6.00. The summed E-state index contributed by atoms with van der Waals surface area (Å²) in [7, 11) is 0. The molecule has 6 nitrogen and oxygen atoms in total. The lowest BCUT2D eigenvalue weighted by Gasteiger charge is -2.32. The smallest absolute Gasteiger partial charge is 0.290 e. The Labute approximate surface area is 142 Å². The average Bonchev–Trinajstić information content (AvgIpc) is 3.00. The molecule has 1 fully saturated rings. The molecule has 1 saturated heterocycles. The van der Waals surface area contributed by atoms with Crippen molar-refractivity contribution in [3.05, 3.63) is 52.9 Å². The van der Waals surface area contributed by atoms with Gasteiger partial charge in [-0.3, -0.25) is 9.59 Å². The minimum Gasteiger partial charge on any atom is -0.351 e. The Balaban J connectivity index is 1.67. The van der Waals surface area contributed by atoms with Gasteiger partial charge in [0.15, 0.2) is 0 Å². The van der Waals surface area contributed by atoms with E-state index in [9.17, 15) is 18.4 Å². The number of hydrogen-bond acceptors (Lipinski definition) is 4. The summed E-state index contributed by atoms with van der Waals surface area (Å²) in [6, 6.07) is 4.02. The van der Waals surface area contributed by atoms with E-state index in [2.05, 4.69) is 10.5 Å². The molecule has 0 spiro atoms. The summed E-state index contributed by atoms with van der Waals surface area (Å²) in [5, 5.41) is 6.25. The van der Waals surface area contributed by atoms with Crippen molar-refractivity contribution >= 4 is 11.8 Å². The third-order valence-electron chi connectivity index (χ3n) is 4.06. The highest BCUT2D eigenvalue weighted by Crippen LogP contribution is 2.18. The van der Waals surface area contributed by atoms with Crippen LogP contribution in [0, 0.1) is 18.6 Å². The monoisotopic (exact) mass is 349 g/mol. The van der Waals surface area contributed by atoms with Gasteiger partial charge in [0.25, 0.3) is 5.91 Å². The van der Waals surface area contributed by atoms with E-state index >= 15 is 0 Å². The van der Waals surface area contributed by atoms with Crippen LogP contribution in [0.4, 0.5) is 8.78 Å². The van der Waals surface area contributed by atoms with Crippen LogP contribution in [0.1, 0.15) is 34.7 Å². The molecule has 1 aliphatic rings. The zero-order chi connectivity index (χ0) is 18.0. The molecule has 3 rings (SSSR count). The number of likely N-dealkylation sites (tertiary alicyclic amines) is 1. The Morgan fingerprint density at radius 3 is 2.88 bits per heavy atom. The fraction of sp³-hybridized carbons (Fsp3) is 0.353. The van der Waals surface area contributed by atoms with Gasteiger partial charge >= 0.3 is 0 Å². The quantitative estimate of drug-likeness (QED) is 0.918. The number of rotatable bonds is 4. The van der Waals surface area contributed by atoms with Gasteiger partial charge < -0.3 is 14.7 Å². The Bertz CT molecular complexity index is 806. The van der Waals surface area contributed by atoms with Gasteiger partial charge in [0, 0.05) is 30.8 Å². The Morgan fingerprint density at radius 1 is 1.40 bits per heavy atom. The average molecular weight is 349 g/mol. The second kappa shape index (κ2) is 7.00. The molecule has 0 aliphatic carbocycles. The topological polar surface area (TPSA) is 75.4 Å². The number of hydrogen-bond donors (Lipinski definition) is 1. The zero-order valence-corrected chi connectivity index (χ0v) is 13.6. The van der Waals surface area contributed by atoms with Crippen molar-refractivity contribution < 1.29 is 22.9 Å². The van der Waals surface area contributed by atoms with Gasteiger partial charge in [0.05, 0.1) is 5.69 Å². The van der Waals surface area contributed by atoms with Crippen LogP contribution in [0.5, 0.6) is 0 Å². The van der Waals surface area contributed by atoms with E-state index in [1.54, 1.807) is 6.92 Å². The predicted octanol–water partition coefficient (Wildman–Crippen LogP) is 2.18. The number of amides is 2. The maximum absolute atomic E-state index is 13.8. The first-order chi connectivity index (χ1) is 11.9. The van der Waals surface area contributed by atoms with Crippen molar-refractivity contribution in [3.8, 4) is 0 Å². The molecule has 1 aromatic heterocycles. The molecule has 1 aliphatic heterocycles. The minimum atomic E-state index is -0.713. The molecule has 25 heavy (non-hydrogen) atoms. The van der Waals surface area contributed by atoms with Gasteiger partial charge in [-0.2, -0.15) is 0 Å². The van der Waals surface area contributed by atoms with Crippen LogP contribution >= 0.6 is 0 Å². The van der Waals surface area contributed by atoms with Gasteiger partial charge in [0.2, 0.25) is 11.7 Å². The molecule has 1 aromatic carbocycles. The first kappa shape index (κ1) is 17.1. The third-order valence-corrected chi connectivity index (χ3v) is 4.06. The van der Waals surface area contributed by atoms with E-state index in [1.807, 2.05) is 0 Å². The summed E-state index contributed by atoms with van der Waals surface area (Å²) in [6.07, 6.45) is 1.15. The molecule has 0 saturated carbocycles. The Hall–Kier alpha value is -2.77. The molecular formula is C17H17F2N3O3. The summed E-state index contributed by atoms with van der Waals surface area (Å²) in [6.45, 7) is 2.16. The highest BCUT2D eigenvalue weighted by atomic mass is 19.1. The van der Waals surface area contributed by atoms with E-state index < -0.39 is 23.6 Å². The van der Waals surface area contributed by atoms with Crippen LogP contribution < -0.4 is 5.32 Å². The molecule has 0 bridgehead atoms. The largest absolute Gasteiger partial charge is 0.351 e. The molecule has 0 radical (unpaired) electrons. The zero-order valence-electron chi connectivity index (χ0n) is 13.6. The van der Waals surface area contributed by atoms with E-state index in [0.29, 0.717) is 25.1 Å². The SMILES string of the molecule is Cc1cc(C(=O)NC2CCCN(Cc3ccc(F)cc3F)C2=O)on1. The summed E-state index contributed by atoms with van der Waals surface area (Å²) in [5.74, 6) is -2.16. The number of carbonyl (C=O) groups excluding carboxylic acids is 2. The van der Waals surface area contributed by atoms with Crippen molar-refractivity contribution in [3.63, 3.8) is 0 Å². The number of halogens is 2. The predicted molar refractivity (Wildman–Crippen MR) is 83.5 cm³/mol. The third kappa shape index (κ3) is 3.84. The molecule has 2 aromatic rings. The van der Waals surface area contributed by atoms with Crippen LogP contribution in [0.2, 0.25) is 0 Å². The summed E-state index contributed by atoms with van der Waals surface area (Å²) in [5.41, 5.74) is 0.793. The van der Waals surface area contributed by atoms with Gasteiger partial charge in [-0.25, -0.2) is 8.78 Å². The highest BCUT2D eigenvalue weighted by molar-refractivity contribution is 5.95. The van der Waals surface area contributed by atoms with Gasteiger partial charge in [-0.15, -0.1) is 0 Å². The van der Waals surface area contributed by atoms with E-state index in [1.165, 1.54) is 17.0 Å². The molecule has 8 heteroatoms. The molecule has 2 heterocycles. The second-order valence-electron chi connectivity index (χ2n) is 6.00. The number of carbonyl (C=O) groups is 2. The van der Waals surface area contributed by atoms with Crippen molar-refractivity contribution in [2.45, 2.75) is 32.4 Å². The maximum Gasteiger partial charge on any atom is 0.290 e. The molecule has 1 N–H and O–H groups in total. The fourth-order valence-electron chi connectivity index (χ4n) is 2.79. The summed E-state index contributed by atoms with van der Waals surface area (Å²) >= 11 is 0. The lowest BCUT2D eigenvalue weighted by Crippen LogP contribution is -2.51. The number of aryl methyl sites for hydroxylation is 1. The molecule has 1 atom stereocenters. The van der Waals surface area contributed by atoms with E-state index in [0.717, 1.165) is 12.1 Å². The van der Waals surface area contributed by atoms with Crippen molar-refractivity contribution in [1.82, 2.24) is 15.4 Å². The Morgan fingerprint density at radius 2 is 2.20 bits per heavy atom. The molecule has 2 amide bonds. The van der Waals surface area contributed by atoms with Crippen LogP contribution in [-0.2, 0) is 11.3 Å². The summed E-state index contributed by atoms with van der Waals surface area (Å²) in [4.78, 5) is 26.1. The number of aromatic nitrogens is 1. The highest BCUT2D eigenvalue weighted by Gasteiger charge is 2.31. The summed E-state index contributed by atoms with van der Waals surface area (Å²) < 4.78 is 31.7. The van der Waals surface area contributed by atoms with Crippen molar-refractivity contribution in [2.24, 2.45) is 0 Å². The first-order valence-corrected chi connectivity index (χ1v) is 7.91. The molecule has 132 valence electrons. The maximum atomic E-state index is 13.8. The van der Waals surface area contributed by atoms with Gasteiger partial charge in [-0.05, 0) is 25.8 Å². The standard InChI is InChI=1S/C17H17F2N3O3/c1-10-7-15(25-21-10)16(23)20-14-3-2-6-22(17(14)24)9-11-4-5-12(18)8-13(11)19/h4-5,7-8,14H,2-3,6,9H2,1H3,(H,20,23). The van der Waals surface area contributed by atoms with Gasteiger partial charge in [-0.1, -0.05) is 11.2 Å². The van der Waals surface area contributed by atoms with Gasteiger partial charge in [0.1, 0.15) is 17.7 Å². The fourth-order valence-corrected chi connectivity index (χ4v) is 2.79. The van der Waals surface area contributed by atoms with Crippen LogP contribution in [0.15, 0.2) is 28.8 Å². The normalized spacial score (nSPS) is 17.6. The van der Waals surface area contributed by atoms with Crippen molar-refractivity contribution in [1.29, 1.82) is 0 Å². The Kier molecular flexibility index (Phi) is 4.78. The molecular weight excluding hydrogens is 332 g/mol.